The van der Waals surface area contributed by atoms with Crippen molar-refractivity contribution in [3.8, 4) is 0 Å². The van der Waals surface area contributed by atoms with Gasteiger partial charge < -0.3 is 4.98 Å². The van der Waals surface area contributed by atoms with Gasteiger partial charge in [0.2, 0.25) is 5.78 Å². The number of H-pyrrole nitrogens is 1. The molecule has 23 heavy (non-hydrogen) atoms. The molecule has 0 saturated carbocycles. The number of ketones is 1. The summed E-state index contributed by atoms with van der Waals surface area (Å²) in [6.07, 6.45) is 3.54. The third-order valence-corrected chi connectivity index (χ3v) is 4.80. The summed E-state index contributed by atoms with van der Waals surface area (Å²) >= 11 is 6.21. The smallest absolute Gasteiger partial charge is 0.205 e. The molecule has 1 aromatic heterocycles. The standard InChI is InChI=1S/C20H16ClNO/c1-12-6-9-18-16(10-12)15-8-7-14(20(23)19(15)22-18)11-13-4-2-3-5-17(13)21/h2-6,9-11,22H,7-8H2,1H3. The van der Waals surface area contributed by atoms with Crippen LogP contribution in [-0.4, -0.2) is 10.8 Å². The van der Waals surface area contributed by atoms with Crippen molar-refractivity contribution in [2.24, 2.45) is 0 Å². The second-order valence-electron chi connectivity index (χ2n) is 6.05. The largest absolute Gasteiger partial charge is 0.352 e. The Kier molecular flexibility index (Phi) is 3.35. The van der Waals surface area contributed by atoms with Gasteiger partial charge in [0.25, 0.3) is 0 Å². The van der Waals surface area contributed by atoms with Crippen molar-refractivity contribution in [3.05, 3.63) is 75.4 Å². The molecule has 1 aliphatic rings. The SMILES string of the molecule is Cc1ccc2[nH]c3c(c2c1)CCC(=Cc1ccccc1Cl)C3=O. The molecule has 0 fully saturated rings. The zero-order valence-corrected chi connectivity index (χ0v) is 13.6. The highest BCUT2D eigenvalue weighted by molar-refractivity contribution is 6.32. The van der Waals surface area contributed by atoms with Crippen molar-refractivity contribution >= 4 is 34.4 Å². The van der Waals surface area contributed by atoms with E-state index in [0.29, 0.717) is 5.02 Å². The molecular formula is C20H16ClNO. The lowest BCUT2D eigenvalue weighted by Gasteiger charge is -2.14. The Balaban J connectivity index is 1.81. The second-order valence-corrected chi connectivity index (χ2v) is 6.46. The number of aromatic amines is 1. The highest BCUT2D eigenvalue weighted by Crippen LogP contribution is 2.33. The number of fused-ring (bicyclic) bond motifs is 3. The van der Waals surface area contributed by atoms with E-state index in [1.54, 1.807) is 0 Å². The fourth-order valence-corrected chi connectivity index (χ4v) is 3.46. The van der Waals surface area contributed by atoms with E-state index in [1.165, 1.54) is 10.9 Å². The number of carbonyl (C=O) groups is 1. The maximum absolute atomic E-state index is 12.8. The van der Waals surface area contributed by atoms with Gasteiger partial charge in [-0.1, -0.05) is 41.4 Å². The third-order valence-electron chi connectivity index (χ3n) is 4.46. The Morgan fingerprint density at radius 1 is 1.13 bits per heavy atom. The number of aryl methyl sites for hydroxylation is 2. The monoisotopic (exact) mass is 321 g/mol. The molecule has 0 saturated heterocycles. The molecule has 3 aromatic rings. The van der Waals surface area contributed by atoms with Crippen molar-refractivity contribution in [1.29, 1.82) is 0 Å². The molecule has 1 heterocycles. The highest BCUT2D eigenvalue weighted by Gasteiger charge is 2.25. The average Bonchev–Trinajstić information content (AvgIpc) is 2.91. The van der Waals surface area contributed by atoms with Gasteiger partial charge in [-0.05, 0) is 55.2 Å². The predicted octanol–water partition coefficient (Wildman–Crippen LogP) is 5.34. The van der Waals surface area contributed by atoms with E-state index in [1.807, 2.05) is 36.4 Å². The summed E-state index contributed by atoms with van der Waals surface area (Å²) in [4.78, 5) is 16.1. The Labute approximate surface area is 139 Å². The van der Waals surface area contributed by atoms with Crippen LogP contribution in [0.5, 0.6) is 0 Å². The maximum atomic E-state index is 12.8. The van der Waals surface area contributed by atoms with Crippen LogP contribution in [0, 0.1) is 6.92 Å². The number of Topliss-reactive ketones (excluding diaryl/α,β-unsaturated/α-hetero) is 1. The van der Waals surface area contributed by atoms with Crippen LogP contribution in [0.2, 0.25) is 5.02 Å². The lowest BCUT2D eigenvalue weighted by atomic mass is 9.89. The van der Waals surface area contributed by atoms with Crippen LogP contribution in [0.3, 0.4) is 0 Å². The summed E-state index contributed by atoms with van der Waals surface area (Å²) in [5, 5.41) is 1.84. The second kappa shape index (κ2) is 5.39. The Bertz CT molecular complexity index is 965. The normalized spacial score (nSPS) is 16.1. The van der Waals surface area contributed by atoms with E-state index < -0.39 is 0 Å². The van der Waals surface area contributed by atoms with Crippen molar-refractivity contribution < 1.29 is 4.79 Å². The lowest BCUT2D eigenvalue weighted by molar-refractivity contribution is 0.102. The molecule has 0 radical (unpaired) electrons. The molecule has 0 atom stereocenters. The molecule has 0 aliphatic heterocycles. The first-order chi connectivity index (χ1) is 11.1. The molecular weight excluding hydrogens is 306 g/mol. The maximum Gasteiger partial charge on any atom is 0.205 e. The zero-order chi connectivity index (χ0) is 16.0. The lowest BCUT2D eigenvalue weighted by Crippen LogP contribution is -2.13. The van der Waals surface area contributed by atoms with Crippen LogP contribution in [0.15, 0.2) is 48.0 Å². The fraction of sp³-hybridized carbons (Fsp3) is 0.150. The first-order valence-corrected chi connectivity index (χ1v) is 8.12. The number of hydrogen-bond acceptors (Lipinski definition) is 1. The molecule has 0 unspecified atom stereocenters. The van der Waals surface area contributed by atoms with E-state index >= 15 is 0 Å². The summed E-state index contributed by atoms with van der Waals surface area (Å²) in [7, 11) is 0. The fourth-order valence-electron chi connectivity index (χ4n) is 3.27. The Morgan fingerprint density at radius 3 is 2.78 bits per heavy atom. The van der Waals surface area contributed by atoms with Gasteiger partial charge in [0.05, 0.1) is 5.69 Å². The third kappa shape index (κ3) is 2.40. The van der Waals surface area contributed by atoms with Gasteiger partial charge in [-0.2, -0.15) is 0 Å². The van der Waals surface area contributed by atoms with Crippen molar-refractivity contribution in [1.82, 2.24) is 4.98 Å². The summed E-state index contributed by atoms with van der Waals surface area (Å²) in [5.74, 6) is 0.0834. The molecule has 1 N–H and O–H groups in total. The van der Waals surface area contributed by atoms with Crippen molar-refractivity contribution in [2.45, 2.75) is 19.8 Å². The summed E-state index contributed by atoms with van der Waals surface area (Å²) < 4.78 is 0. The topological polar surface area (TPSA) is 32.9 Å². The van der Waals surface area contributed by atoms with Crippen LogP contribution in [0.1, 0.15) is 33.6 Å². The van der Waals surface area contributed by atoms with E-state index in [9.17, 15) is 4.79 Å². The van der Waals surface area contributed by atoms with Gasteiger partial charge in [-0.25, -0.2) is 0 Å². The molecule has 1 aliphatic carbocycles. The van der Waals surface area contributed by atoms with Crippen LogP contribution < -0.4 is 0 Å². The number of aromatic nitrogens is 1. The van der Waals surface area contributed by atoms with Gasteiger partial charge in [0, 0.05) is 21.5 Å². The van der Waals surface area contributed by atoms with E-state index in [2.05, 4.69) is 24.0 Å². The Hall–Kier alpha value is -2.32. The van der Waals surface area contributed by atoms with E-state index in [0.717, 1.165) is 40.8 Å². The van der Waals surface area contributed by atoms with Crippen molar-refractivity contribution in [2.75, 3.05) is 0 Å². The quantitative estimate of drug-likeness (QED) is 0.603. The number of allylic oxidation sites excluding steroid dienone is 1. The minimum atomic E-state index is 0.0834. The minimum Gasteiger partial charge on any atom is -0.352 e. The number of halogens is 1. The first kappa shape index (κ1) is 14.3. The van der Waals surface area contributed by atoms with Gasteiger partial charge >= 0.3 is 0 Å². The number of benzene rings is 2. The van der Waals surface area contributed by atoms with Crippen molar-refractivity contribution in [3.63, 3.8) is 0 Å². The van der Waals surface area contributed by atoms with Crippen LogP contribution in [-0.2, 0) is 6.42 Å². The van der Waals surface area contributed by atoms with Gasteiger partial charge in [-0.15, -0.1) is 0 Å². The molecule has 0 spiro atoms. The van der Waals surface area contributed by atoms with Crippen LogP contribution >= 0.6 is 11.6 Å². The number of rotatable bonds is 1. The summed E-state index contributed by atoms with van der Waals surface area (Å²) in [6.45, 7) is 2.08. The summed E-state index contributed by atoms with van der Waals surface area (Å²) in [5.41, 5.74) is 5.83. The minimum absolute atomic E-state index is 0.0834. The molecule has 114 valence electrons. The number of nitrogens with one attached hydrogen (secondary N) is 1. The van der Waals surface area contributed by atoms with Gasteiger partial charge in [-0.3, -0.25) is 4.79 Å². The molecule has 0 amide bonds. The van der Waals surface area contributed by atoms with E-state index in [4.69, 9.17) is 11.6 Å². The molecule has 4 rings (SSSR count). The van der Waals surface area contributed by atoms with E-state index in [-0.39, 0.29) is 5.78 Å². The Morgan fingerprint density at radius 2 is 1.96 bits per heavy atom. The first-order valence-electron chi connectivity index (χ1n) is 7.74. The summed E-state index contributed by atoms with van der Waals surface area (Å²) in [6, 6.07) is 13.9. The zero-order valence-electron chi connectivity index (χ0n) is 12.8. The van der Waals surface area contributed by atoms with Gasteiger partial charge in [0.15, 0.2) is 0 Å². The van der Waals surface area contributed by atoms with Gasteiger partial charge in [0.1, 0.15) is 0 Å². The van der Waals surface area contributed by atoms with Crippen LogP contribution in [0.25, 0.3) is 17.0 Å². The molecule has 3 heteroatoms. The highest BCUT2D eigenvalue weighted by atomic mass is 35.5. The number of hydrogen-bond donors (Lipinski definition) is 1. The number of carbonyl (C=O) groups excluding carboxylic acids is 1. The molecule has 0 bridgehead atoms. The predicted molar refractivity (Wildman–Crippen MR) is 95.1 cm³/mol. The van der Waals surface area contributed by atoms with Crippen LogP contribution in [0.4, 0.5) is 0 Å². The molecule has 2 nitrogen and oxygen atoms in total. The molecule has 2 aromatic carbocycles. The average molecular weight is 322 g/mol.